The lowest BCUT2D eigenvalue weighted by molar-refractivity contribution is -0.155. The summed E-state index contributed by atoms with van der Waals surface area (Å²) >= 11 is 0. The number of amides is 2. The van der Waals surface area contributed by atoms with Crippen LogP contribution in [0.4, 0.5) is 4.79 Å². The molecule has 6 heteroatoms. The highest BCUT2D eigenvalue weighted by molar-refractivity contribution is 5.79. The fourth-order valence-corrected chi connectivity index (χ4v) is 1.78. The molecule has 0 aliphatic heterocycles. The van der Waals surface area contributed by atoms with E-state index in [1.165, 1.54) is 6.42 Å². The lowest BCUT2D eigenvalue weighted by Crippen LogP contribution is -2.51. The van der Waals surface area contributed by atoms with Crippen LogP contribution in [-0.2, 0) is 4.79 Å². The molecular formula is C12H22N2O4. The zero-order valence-corrected chi connectivity index (χ0v) is 11.0. The largest absolute Gasteiger partial charge is 0.479 e. The van der Waals surface area contributed by atoms with Crippen molar-refractivity contribution < 1.29 is 19.8 Å². The van der Waals surface area contributed by atoms with Crippen molar-refractivity contribution in [1.29, 1.82) is 0 Å². The van der Waals surface area contributed by atoms with Crippen LogP contribution in [0.5, 0.6) is 0 Å². The first kappa shape index (κ1) is 14.8. The maximum Gasteiger partial charge on any atom is 0.337 e. The predicted octanol–water partition coefficient (Wildman–Crippen LogP) is 0.654. The summed E-state index contributed by atoms with van der Waals surface area (Å²) in [4.78, 5) is 24.2. The van der Waals surface area contributed by atoms with Crippen molar-refractivity contribution in [2.45, 2.75) is 38.7 Å². The van der Waals surface area contributed by atoms with E-state index < -0.39 is 11.6 Å². The van der Waals surface area contributed by atoms with Crippen molar-refractivity contribution in [2.75, 3.05) is 19.6 Å². The maximum absolute atomic E-state index is 11.8. The summed E-state index contributed by atoms with van der Waals surface area (Å²) in [5.74, 6) is -0.777. The smallest absolute Gasteiger partial charge is 0.337 e. The Morgan fingerprint density at radius 3 is 2.44 bits per heavy atom. The Labute approximate surface area is 107 Å². The molecule has 0 aromatic carbocycles. The molecule has 0 radical (unpaired) electrons. The number of urea groups is 1. The summed E-state index contributed by atoms with van der Waals surface area (Å²) in [5.41, 5.74) is -1.93. The molecule has 1 unspecified atom stereocenters. The molecule has 1 atom stereocenters. The number of carboxylic acids is 1. The molecule has 0 aromatic rings. The fourth-order valence-electron chi connectivity index (χ4n) is 1.78. The van der Waals surface area contributed by atoms with Crippen LogP contribution in [0, 0.1) is 5.92 Å². The van der Waals surface area contributed by atoms with Crippen LogP contribution in [0.1, 0.15) is 33.1 Å². The Bertz CT molecular complexity index is 313. The van der Waals surface area contributed by atoms with Gasteiger partial charge in [-0.2, -0.15) is 0 Å². The molecule has 0 saturated heterocycles. The van der Waals surface area contributed by atoms with Gasteiger partial charge in [0, 0.05) is 13.1 Å². The summed E-state index contributed by atoms with van der Waals surface area (Å²) in [6.07, 6.45) is 3.52. The summed E-state index contributed by atoms with van der Waals surface area (Å²) in [7, 11) is 0. The first-order valence-corrected chi connectivity index (χ1v) is 6.35. The zero-order valence-electron chi connectivity index (χ0n) is 11.0. The number of carbonyl (C=O) groups is 2. The van der Waals surface area contributed by atoms with Crippen LogP contribution < -0.4 is 5.32 Å². The van der Waals surface area contributed by atoms with Crippen LogP contribution in [-0.4, -0.2) is 52.3 Å². The number of aliphatic hydroxyl groups is 1. The molecule has 1 fully saturated rings. The minimum atomic E-state index is -1.93. The number of hydrogen-bond acceptors (Lipinski definition) is 3. The Balaban J connectivity index is 2.39. The standard InChI is InChI=1S/C12H22N2O4/c1-3-14(7-9-5-4-6-9)11(17)13-8-12(2,18)10(15)16/h9,18H,3-8H2,1-2H3,(H,13,17)(H,15,16). The first-order valence-electron chi connectivity index (χ1n) is 6.35. The van der Waals surface area contributed by atoms with Crippen LogP contribution >= 0.6 is 0 Å². The van der Waals surface area contributed by atoms with Crippen molar-refractivity contribution in [3.63, 3.8) is 0 Å². The van der Waals surface area contributed by atoms with E-state index in [0.717, 1.165) is 19.8 Å². The summed E-state index contributed by atoms with van der Waals surface area (Å²) in [5, 5.41) is 20.7. The van der Waals surface area contributed by atoms with Crippen LogP contribution in [0.25, 0.3) is 0 Å². The number of hydrogen-bond donors (Lipinski definition) is 3. The number of nitrogens with zero attached hydrogens (tertiary/aromatic N) is 1. The second-order valence-electron chi connectivity index (χ2n) is 5.07. The Morgan fingerprint density at radius 2 is 2.06 bits per heavy atom. The molecule has 2 amide bonds. The van der Waals surface area contributed by atoms with Gasteiger partial charge in [0.1, 0.15) is 0 Å². The molecular weight excluding hydrogens is 236 g/mol. The predicted molar refractivity (Wildman–Crippen MR) is 66.2 cm³/mol. The highest BCUT2D eigenvalue weighted by Gasteiger charge is 2.31. The summed E-state index contributed by atoms with van der Waals surface area (Å²) in [6, 6.07) is -0.314. The van der Waals surface area contributed by atoms with Gasteiger partial charge in [0.2, 0.25) is 0 Å². The topological polar surface area (TPSA) is 89.9 Å². The molecule has 1 aliphatic carbocycles. The third-order valence-electron chi connectivity index (χ3n) is 3.42. The number of carbonyl (C=O) groups excluding carboxylic acids is 1. The molecule has 0 spiro atoms. The number of nitrogens with one attached hydrogen (secondary N) is 1. The lowest BCUT2D eigenvalue weighted by Gasteiger charge is -2.32. The van der Waals surface area contributed by atoms with Crippen molar-refractivity contribution in [2.24, 2.45) is 5.92 Å². The Morgan fingerprint density at radius 1 is 1.44 bits per heavy atom. The van der Waals surface area contributed by atoms with Gasteiger partial charge in [-0.25, -0.2) is 9.59 Å². The molecule has 3 N–H and O–H groups in total. The zero-order chi connectivity index (χ0) is 13.8. The van der Waals surface area contributed by atoms with Gasteiger partial charge in [0.25, 0.3) is 0 Å². The minimum Gasteiger partial charge on any atom is -0.479 e. The SMILES string of the molecule is CCN(CC1CCC1)C(=O)NCC(C)(O)C(=O)O. The number of rotatable bonds is 6. The molecule has 18 heavy (non-hydrogen) atoms. The van der Waals surface area contributed by atoms with E-state index in [2.05, 4.69) is 5.32 Å². The van der Waals surface area contributed by atoms with Gasteiger partial charge in [0.05, 0.1) is 6.54 Å². The molecule has 6 nitrogen and oxygen atoms in total. The van der Waals surface area contributed by atoms with Gasteiger partial charge < -0.3 is 20.4 Å². The van der Waals surface area contributed by atoms with Gasteiger partial charge >= 0.3 is 12.0 Å². The van der Waals surface area contributed by atoms with Crippen LogP contribution in [0.3, 0.4) is 0 Å². The van der Waals surface area contributed by atoms with Gasteiger partial charge in [-0.1, -0.05) is 6.42 Å². The van der Waals surface area contributed by atoms with E-state index in [9.17, 15) is 14.7 Å². The average molecular weight is 258 g/mol. The van der Waals surface area contributed by atoms with Gasteiger partial charge in [0.15, 0.2) is 5.60 Å². The molecule has 0 heterocycles. The van der Waals surface area contributed by atoms with E-state index >= 15 is 0 Å². The number of aliphatic carboxylic acids is 1. The van der Waals surface area contributed by atoms with E-state index in [1.54, 1.807) is 4.90 Å². The summed E-state index contributed by atoms with van der Waals surface area (Å²) in [6.45, 7) is 4.04. The monoisotopic (exact) mass is 258 g/mol. The average Bonchev–Trinajstić information content (AvgIpc) is 2.24. The highest BCUT2D eigenvalue weighted by atomic mass is 16.4. The van der Waals surface area contributed by atoms with Gasteiger partial charge in [-0.3, -0.25) is 0 Å². The first-order chi connectivity index (χ1) is 8.36. The number of carboxylic acid groups (broad SMARTS) is 1. The quantitative estimate of drug-likeness (QED) is 0.652. The van der Waals surface area contributed by atoms with Gasteiger partial charge in [-0.05, 0) is 32.6 Å². The molecule has 0 bridgehead atoms. The molecule has 0 aromatic heterocycles. The van der Waals surface area contributed by atoms with Gasteiger partial charge in [-0.15, -0.1) is 0 Å². The summed E-state index contributed by atoms with van der Waals surface area (Å²) < 4.78 is 0. The third kappa shape index (κ3) is 3.87. The Hall–Kier alpha value is -1.30. The minimum absolute atomic E-state index is 0.289. The Kier molecular flexibility index (Phi) is 4.95. The lowest BCUT2D eigenvalue weighted by atomic mass is 9.85. The van der Waals surface area contributed by atoms with Crippen LogP contribution in [0.15, 0.2) is 0 Å². The van der Waals surface area contributed by atoms with Crippen LogP contribution in [0.2, 0.25) is 0 Å². The fraction of sp³-hybridized carbons (Fsp3) is 0.833. The normalized spacial score (nSPS) is 18.6. The molecule has 1 rings (SSSR count). The second-order valence-corrected chi connectivity index (χ2v) is 5.07. The van der Waals surface area contributed by atoms with E-state index in [-0.39, 0.29) is 12.6 Å². The maximum atomic E-state index is 11.8. The molecule has 104 valence electrons. The van der Waals surface area contributed by atoms with Crippen molar-refractivity contribution >= 4 is 12.0 Å². The second kappa shape index (κ2) is 6.04. The highest BCUT2D eigenvalue weighted by Crippen LogP contribution is 2.26. The third-order valence-corrected chi connectivity index (χ3v) is 3.42. The molecule has 1 saturated carbocycles. The van der Waals surface area contributed by atoms with Crippen molar-refractivity contribution in [1.82, 2.24) is 10.2 Å². The molecule has 1 aliphatic rings. The van der Waals surface area contributed by atoms with E-state index in [4.69, 9.17) is 5.11 Å². The van der Waals surface area contributed by atoms with Crippen molar-refractivity contribution in [3.8, 4) is 0 Å². The van der Waals surface area contributed by atoms with E-state index in [1.807, 2.05) is 6.92 Å². The van der Waals surface area contributed by atoms with E-state index in [0.29, 0.717) is 19.0 Å². The van der Waals surface area contributed by atoms with Crippen molar-refractivity contribution in [3.05, 3.63) is 0 Å².